The van der Waals surface area contributed by atoms with Crippen LogP contribution >= 0.6 is 11.3 Å². The van der Waals surface area contributed by atoms with Crippen molar-refractivity contribution in [2.45, 2.75) is 38.8 Å². The van der Waals surface area contributed by atoms with Crippen molar-refractivity contribution in [1.29, 1.82) is 0 Å². The van der Waals surface area contributed by atoms with Crippen LogP contribution in [-0.2, 0) is 9.53 Å². The van der Waals surface area contributed by atoms with Crippen LogP contribution in [0.5, 0.6) is 5.75 Å². The number of hydrogen-bond acceptors (Lipinski definition) is 7. The van der Waals surface area contributed by atoms with E-state index in [1.165, 1.54) is 0 Å². The number of carbonyl (C=O) groups is 2. The molecule has 200 valence electrons. The molecule has 1 fully saturated rings. The van der Waals surface area contributed by atoms with Gasteiger partial charge in [0.05, 0.1) is 37.0 Å². The maximum atomic E-state index is 13.7. The second-order valence-electron chi connectivity index (χ2n) is 10.3. The summed E-state index contributed by atoms with van der Waals surface area (Å²) < 4.78 is 10.8. The van der Waals surface area contributed by atoms with Crippen LogP contribution in [0.2, 0.25) is 0 Å². The van der Waals surface area contributed by atoms with E-state index < -0.39 is 5.54 Å². The van der Waals surface area contributed by atoms with Gasteiger partial charge in [0, 0.05) is 38.1 Å². The summed E-state index contributed by atoms with van der Waals surface area (Å²) in [7, 11) is 1.63. The van der Waals surface area contributed by atoms with Crippen molar-refractivity contribution in [2.24, 2.45) is 5.10 Å². The predicted octanol–water partition coefficient (Wildman–Crippen LogP) is 3.58. The van der Waals surface area contributed by atoms with Gasteiger partial charge in [0.2, 0.25) is 0 Å². The predicted molar refractivity (Wildman–Crippen MR) is 145 cm³/mol. The fourth-order valence-electron chi connectivity index (χ4n) is 4.39. The molecule has 37 heavy (non-hydrogen) atoms. The van der Waals surface area contributed by atoms with E-state index in [-0.39, 0.29) is 24.5 Å². The largest absolute Gasteiger partial charge is 0.497 e. The molecule has 4 rings (SSSR count). The number of nitrogens with zero attached hydrogens (tertiary/aromatic N) is 4. The third-order valence-corrected chi connectivity index (χ3v) is 7.28. The molecule has 3 heterocycles. The molecule has 2 aliphatic rings. The van der Waals surface area contributed by atoms with Gasteiger partial charge in [-0.25, -0.2) is 9.80 Å². The van der Waals surface area contributed by atoms with Gasteiger partial charge in [-0.15, -0.1) is 11.3 Å². The Bertz CT molecular complexity index is 1080. The molecule has 3 amide bonds. The average Bonchev–Trinajstić information content (AvgIpc) is 3.56. The van der Waals surface area contributed by atoms with Crippen molar-refractivity contribution in [3.05, 3.63) is 52.2 Å². The maximum absolute atomic E-state index is 13.7. The summed E-state index contributed by atoms with van der Waals surface area (Å²) in [5.41, 5.74) is 1.44. The van der Waals surface area contributed by atoms with Crippen molar-refractivity contribution in [3.8, 4) is 5.75 Å². The lowest BCUT2D eigenvalue weighted by Gasteiger charge is -2.32. The zero-order valence-corrected chi connectivity index (χ0v) is 22.9. The quantitative estimate of drug-likeness (QED) is 0.567. The average molecular weight is 528 g/mol. The van der Waals surface area contributed by atoms with Gasteiger partial charge in [0.1, 0.15) is 12.3 Å². The number of morpholine rings is 1. The van der Waals surface area contributed by atoms with Gasteiger partial charge in [-0.3, -0.25) is 9.69 Å². The Morgan fingerprint density at radius 3 is 2.54 bits per heavy atom. The van der Waals surface area contributed by atoms with Gasteiger partial charge in [-0.2, -0.15) is 5.10 Å². The molecule has 1 aromatic carbocycles. The molecular formula is C27H37N5O4S. The van der Waals surface area contributed by atoms with Crippen LogP contribution in [0.1, 0.15) is 43.7 Å². The summed E-state index contributed by atoms with van der Waals surface area (Å²) in [6.45, 7) is 9.89. The maximum Gasteiger partial charge on any atom is 0.318 e. The smallest absolute Gasteiger partial charge is 0.318 e. The van der Waals surface area contributed by atoms with E-state index in [0.29, 0.717) is 32.7 Å². The summed E-state index contributed by atoms with van der Waals surface area (Å²) in [5.74, 6) is 0.547. The van der Waals surface area contributed by atoms with E-state index in [9.17, 15) is 9.59 Å². The first-order chi connectivity index (χ1) is 17.7. The van der Waals surface area contributed by atoms with Crippen LogP contribution in [0, 0.1) is 0 Å². The molecule has 0 spiro atoms. The molecule has 0 bridgehead atoms. The molecule has 9 nitrogen and oxygen atoms in total. The highest BCUT2D eigenvalue weighted by Gasteiger charge is 2.35. The third kappa shape index (κ3) is 7.30. The SMILES string of the molecule is COc1ccc(C2CC(c3cccs3)=NN2C(=O)CN(CCN2CCOCC2)C(=O)NC(C)(C)C)cc1. The number of hydrogen-bond donors (Lipinski definition) is 1. The molecule has 1 saturated heterocycles. The molecule has 0 aliphatic carbocycles. The highest BCUT2D eigenvalue weighted by Crippen LogP contribution is 2.34. The number of rotatable bonds is 8. The van der Waals surface area contributed by atoms with Crippen molar-refractivity contribution < 1.29 is 19.1 Å². The number of methoxy groups -OCH3 is 1. The molecule has 1 N–H and O–H groups in total. The van der Waals surface area contributed by atoms with Crippen LogP contribution in [0.4, 0.5) is 4.79 Å². The number of amides is 3. The molecule has 0 saturated carbocycles. The summed E-state index contributed by atoms with van der Waals surface area (Å²) >= 11 is 1.61. The lowest BCUT2D eigenvalue weighted by Crippen LogP contribution is -2.53. The van der Waals surface area contributed by atoms with E-state index in [1.54, 1.807) is 28.4 Å². The Labute approximate surface area is 223 Å². The molecule has 0 radical (unpaired) electrons. The highest BCUT2D eigenvalue weighted by molar-refractivity contribution is 7.12. The first-order valence-electron chi connectivity index (χ1n) is 12.7. The molecule has 1 aromatic heterocycles. The number of thiophene rings is 1. The zero-order chi connectivity index (χ0) is 26.4. The lowest BCUT2D eigenvalue weighted by molar-refractivity contribution is -0.133. The molecule has 10 heteroatoms. The van der Waals surface area contributed by atoms with E-state index in [0.717, 1.165) is 35.0 Å². The minimum absolute atomic E-state index is 0.0554. The highest BCUT2D eigenvalue weighted by atomic mass is 32.1. The van der Waals surface area contributed by atoms with Crippen LogP contribution in [-0.4, -0.2) is 91.0 Å². The van der Waals surface area contributed by atoms with Crippen molar-refractivity contribution in [2.75, 3.05) is 53.0 Å². The van der Waals surface area contributed by atoms with Gasteiger partial charge in [-0.1, -0.05) is 18.2 Å². The topological polar surface area (TPSA) is 86.7 Å². The van der Waals surface area contributed by atoms with E-state index >= 15 is 0 Å². The summed E-state index contributed by atoms with van der Waals surface area (Å²) in [5, 5.41) is 11.3. The fourth-order valence-corrected chi connectivity index (χ4v) is 5.11. The van der Waals surface area contributed by atoms with Crippen LogP contribution in [0.15, 0.2) is 46.9 Å². The second kappa shape index (κ2) is 12.1. The summed E-state index contributed by atoms with van der Waals surface area (Å²) in [6, 6.07) is 11.2. The molecule has 2 aromatic rings. The summed E-state index contributed by atoms with van der Waals surface area (Å²) in [4.78, 5) is 31.9. The van der Waals surface area contributed by atoms with Gasteiger partial charge < -0.3 is 19.7 Å². The summed E-state index contributed by atoms with van der Waals surface area (Å²) in [6.07, 6.45) is 0.612. The Kier molecular flexibility index (Phi) is 8.83. The van der Waals surface area contributed by atoms with E-state index in [4.69, 9.17) is 14.6 Å². The molecular weight excluding hydrogens is 490 g/mol. The van der Waals surface area contributed by atoms with Gasteiger partial charge in [-0.05, 0) is 49.9 Å². The van der Waals surface area contributed by atoms with Gasteiger partial charge in [0.15, 0.2) is 0 Å². The number of ether oxygens (including phenoxy) is 2. The zero-order valence-electron chi connectivity index (χ0n) is 22.1. The first kappa shape index (κ1) is 27.1. The van der Waals surface area contributed by atoms with Gasteiger partial charge >= 0.3 is 6.03 Å². The monoisotopic (exact) mass is 527 g/mol. The Balaban J connectivity index is 1.54. The number of nitrogens with one attached hydrogen (secondary N) is 1. The standard InChI is InChI=1S/C27H37N5O4S/c1-27(2,3)28-26(34)31(12-11-30-13-15-36-16-14-30)19-25(33)32-23(20-7-9-21(35-4)10-8-20)18-22(29-32)24-6-5-17-37-24/h5-10,17,23H,11-16,18-19H2,1-4H3,(H,28,34). The van der Waals surface area contributed by atoms with Crippen LogP contribution < -0.4 is 10.1 Å². The van der Waals surface area contributed by atoms with Crippen molar-refractivity contribution in [3.63, 3.8) is 0 Å². The Hall–Kier alpha value is -2.95. The normalized spacial score (nSPS) is 18.4. The number of hydrazone groups is 1. The third-order valence-electron chi connectivity index (χ3n) is 6.36. The lowest BCUT2D eigenvalue weighted by atomic mass is 10.0. The first-order valence-corrected chi connectivity index (χ1v) is 13.6. The van der Waals surface area contributed by atoms with E-state index in [2.05, 4.69) is 10.2 Å². The Morgan fingerprint density at radius 2 is 1.92 bits per heavy atom. The second-order valence-corrected chi connectivity index (χ2v) is 11.3. The fraction of sp³-hybridized carbons (Fsp3) is 0.519. The minimum atomic E-state index is -0.416. The Morgan fingerprint density at radius 1 is 1.19 bits per heavy atom. The number of benzene rings is 1. The number of carbonyl (C=O) groups excluding carboxylic acids is 2. The minimum Gasteiger partial charge on any atom is -0.497 e. The van der Waals surface area contributed by atoms with Crippen molar-refractivity contribution in [1.82, 2.24) is 20.1 Å². The van der Waals surface area contributed by atoms with E-state index in [1.807, 2.05) is 62.5 Å². The van der Waals surface area contributed by atoms with Crippen LogP contribution in [0.25, 0.3) is 0 Å². The van der Waals surface area contributed by atoms with Crippen LogP contribution in [0.3, 0.4) is 0 Å². The molecule has 1 unspecified atom stereocenters. The van der Waals surface area contributed by atoms with Gasteiger partial charge in [0.25, 0.3) is 5.91 Å². The van der Waals surface area contributed by atoms with Crippen molar-refractivity contribution >= 4 is 29.0 Å². The molecule has 1 atom stereocenters. The molecule has 2 aliphatic heterocycles. The number of urea groups is 1.